The van der Waals surface area contributed by atoms with Crippen molar-refractivity contribution in [3.8, 4) is 0 Å². The first-order valence-corrected chi connectivity index (χ1v) is 2.96. The third-order valence-electron chi connectivity index (χ3n) is 1.33. The summed E-state index contributed by atoms with van der Waals surface area (Å²) < 4.78 is 1.89. The van der Waals surface area contributed by atoms with Gasteiger partial charge in [-0.3, -0.25) is 9.37 Å². The summed E-state index contributed by atoms with van der Waals surface area (Å²) in [4.78, 5) is 10.6. The lowest BCUT2D eigenvalue weighted by atomic mass is 10.4. The van der Waals surface area contributed by atoms with Crippen molar-refractivity contribution in [2.75, 3.05) is 19.6 Å². The van der Waals surface area contributed by atoms with Crippen LogP contribution in [-0.2, 0) is 4.79 Å². The zero-order valence-electron chi connectivity index (χ0n) is 5.26. The van der Waals surface area contributed by atoms with Gasteiger partial charge in [0.15, 0.2) is 6.54 Å². The SMILES string of the molecule is [CH2-]/C=[N+]1\CCNC(=O)C1. The van der Waals surface area contributed by atoms with Gasteiger partial charge in [0.05, 0.1) is 6.54 Å². The Bertz CT molecular complexity index is 151. The quantitative estimate of drug-likeness (QED) is 0.329. The Hall–Kier alpha value is -0.990. The van der Waals surface area contributed by atoms with Crippen molar-refractivity contribution in [2.45, 2.75) is 0 Å². The lowest BCUT2D eigenvalue weighted by Gasteiger charge is -2.11. The molecule has 9 heavy (non-hydrogen) atoms. The number of hydrogen-bond acceptors (Lipinski definition) is 1. The van der Waals surface area contributed by atoms with Crippen LogP contribution in [0, 0.1) is 6.92 Å². The molecule has 3 heteroatoms. The average molecular weight is 126 g/mol. The van der Waals surface area contributed by atoms with Crippen LogP contribution in [-0.4, -0.2) is 36.3 Å². The molecule has 0 aromatic rings. The summed E-state index contributed by atoms with van der Waals surface area (Å²) in [5, 5.41) is 2.72. The number of piperazine rings is 1. The second-order valence-corrected chi connectivity index (χ2v) is 2.00. The molecule has 3 nitrogen and oxygen atoms in total. The largest absolute Gasteiger partial charge is 0.344 e. The molecule has 1 fully saturated rings. The Kier molecular flexibility index (Phi) is 1.72. The minimum atomic E-state index is 0.0844. The van der Waals surface area contributed by atoms with E-state index in [9.17, 15) is 4.79 Å². The van der Waals surface area contributed by atoms with Crippen LogP contribution in [0.25, 0.3) is 0 Å². The molecule has 1 amide bonds. The summed E-state index contributed by atoms with van der Waals surface area (Å²) in [6.45, 7) is 5.65. The minimum absolute atomic E-state index is 0.0844. The summed E-state index contributed by atoms with van der Waals surface area (Å²) in [6.07, 6.45) is 1.69. The second-order valence-electron chi connectivity index (χ2n) is 2.00. The summed E-state index contributed by atoms with van der Waals surface area (Å²) in [7, 11) is 0. The minimum Gasteiger partial charge on any atom is -0.344 e. The monoisotopic (exact) mass is 126 g/mol. The van der Waals surface area contributed by atoms with Gasteiger partial charge in [-0.15, -0.1) is 0 Å². The third-order valence-corrected chi connectivity index (χ3v) is 1.33. The lowest BCUT2D eigenvalue weighted by molar-refractivity contribution is -0.514. The molecule has 0 aromatic heterocycles. The highest BCUT2D eigenvalue weighted by atomic mass is 16.2. The number of nitrogens with one attached hydrogen (secondary N) is 1. The fourth-order valence-corrected chi connectivity index (χ4v) is 0.814. The molecule has 0 unspecified atom stereocenters. The molecule has 1 aliphatic heterocycles. The summed E-state index contributed by atoms with van der Waals surface area (Å²) in [5.41, 5.74) is 0. The van der Waals surface area contributed by atoms with E-state index < -0.39 is 0 Å². The molecule has 1 N–H and O–H groups in total. The number of hydrogen-bond donors (Lipinski definition) is 1. The third kappa shape index (κ3) is 1.45. The highest BCUT2D eigenvalue weighted by molar-refractivity contribution is 5.78. The van der Waals surface area contributed by atoms with Crippen LogP contribution in [0.3, 0.4) is 0 Å². The summed E-state index contributed by atoms with van der Waals surface area (Å²) in [6, 6.07) is 0. The molecule has 1 aliphatic rings. The van der Waals surface area contributed by atoms with Crippen molar-refractivity contribution in [2.24, 2.45) is 0 Å². The Morgan fingerprint density at radius 2 is 2.56 bits per heavy atom. The maximum absolute atomic E-state index is 10.6. The van der Waals surface area contributed by atoms with Gasteiger partial charge in [0.1, 0.15) is 0 Å². The van der Waals surface area contributed by atoms with E-state index in [1.165, 1.54) is 0 Å². The highest BCUT2D eigenvalue weighted by Gasteiger charge is 2.14. The first-order valence-electron chi connectivity index (χ1n) is 2.96. The highest BCUT2D eigenvalue weighted by Crippen LogP contribution is 1.81. The van der Waals surface area contributed by atoms with E-state index >= 15 is 0 Å². The van der Waals surface area contributed by atoms with E-state index in [0.29, 0.717) is 6.54 Å². The molecule has 0 aromatic carbocycles. The zero-order valence-corrected chi connectivity index (χ0v) is 5.26. The molecule has 0 bridgehead atoms. The van der Waals surface area contributed by atoms with Gasteiger partial charge in [-0.25, -0.2) is 0 Å². The van der Waals surface area contributed by atoms with Crippen molar-refractivity contribution >= 4 is 12.1 Å². The molecular weight excluding hydrogens is 116 g/mol. The Balaban J connectivity index is 2.51. The topological polar surface area (TPSA) is 32.1 Å². The predicted molar refractivity (Wildman–Crippen MR) is 34.4 cm³/mol. The first-order chi connectivity index (χ1) is 4.33. The maximum Gasteiger partial charge on any atom is 0.285 e. The van der Waals surface area contributed by atoms with Crippen LogP contribution in [0.2, 0.25) is 0 Å². The fourth-order valence-electron chi connectivity index (χ4n) is 0.814. The molecule has 0 atom stereocenters. The maximum atomic E-state index is 10.6. The molecule has 1 heterocycles. The number of carbonyl (C=O) groups is 1. The van der Waals surface area contributed by atoms with E-state index in [1.54, 1.807) is 6.21 Å². The number of rotatable bonds is 0. The van der Waals surface area contributed by atoms with Gasteiger partial charge in [-0.2, -0.15) is 0 Å². The van der Waals surface area contributed by atoms with Crippen LogP contribution in [0.1, 0.15) is 0 Å². The van der Waals surface area contributed by atoms with Crippen LogP contribution in [0.4, 0.5) is 0 Å². The molecule has 0 spiro atoms. The average Bonchev–Trinajstić information content (AvgIpc) is 1.88. The molecule has 50 valence electrons. The number of amides is 1. The Labute approximate surface area is 54.4 Å². The molecule has 1 saturated heterocycles. The lowest BCUT2D eigenvalue weighted by Crippen LogP contribution is -2.43. The van der Waals surface area contributed by atoms with Crippen LogP contribution < -0.4 is 5.32 Å². The van der Waals surface area contributed by atoms with E-state index in [4.69, 9.17) is 0 Å². The Morgan fingerprint density at radius 3 is 3.00 bits per heavy atom. The zero-order chi connectivity index (χ0) is 6.69. The van der Waals surface area contributed by atoms with E-state index in [0.717, 1.165) is 13.1 Å². The van der Waals surface area contributed by atoms with Crippen molar-refractivity contribution < 1.29 is 9.37 Å². The second kappa shape index (κ2) is 2.53. The van der Waals surface area contributed by atoms with Crippen LogP contribution >= 0.6 is 0 Å². The standard InChI is InChI=1S/C6H10N2O/c1-2-8-4-3-7-6(9)5-8/h2H,1,3-5H2,(H,7,9)/b8-2+. The van der Waals surface area contributed by atoms with Crippen molar-refractivity contribution in [1.82, 2.24) is 5.32 Å². The van der Waals surface area contributed by atoms with Crippen molar-refractivity contribution in [3.63, 3.8) is 0 Å². The van der Waals surface area contributed by atoms with Gasteiger partial charge in [-0.1, -0.05) is 0 Å². The van der Waals surface area contributed by atoms with E-state index in [1.807, 2.05) is 4.58 Å². The van der Waals surface area contributed by atoms with Crippen LogP contribution in [0.5, 0.6) is 0 Å². The summed E-state index contributed by atoms with van der Waals surface area (Å²) >= 11 is 0. The smallest absolute Gasteiger partial charge is 0.285 e. The van der Waals surface area contributed by atoms with Gasteiger partial charge < -0.3 is 12.2 Å². The normalized spacial score (nSPS) is 24.0. The van der Waals surface area contributed by atoms with Gasteiger partial charge >= 0.3 is 0 Å². The van der Waals surface area contributed by atoms with Gasteiger partial charge in [-0.05, 0) is 0 Å². The number of nitrogens with zero attached hydrogens (tertiary/aromatic N) is 1. The van der Waals surface area contributed by atoms with Crippen LogP contribution in [0.15, 0.2) is 0 Å². The molecular formula is C6H10N2O. The van der Waals surface area contributed by atoms with Crippen molar-refractivity contribution in [1.29, 1.82) is 0 Å². The van der Waals surface area contributed by atoms with Crippen molar-refractivity contribution in [3.05, 3.63) is 6.92 Å². The molecule has 1 rings (SSSR count). The van der Waals surface area contributed by atoms with Gasteiger partial charge in [0.25, 0.3) is 5.91 Å². The Morgan fingerprint density at radius 1 is 1.78 bits per heavy atom. The number of carbonyl (C=O) groups excluding carboxylic acids is 1. The fraction of sp³-hybridized carbons (Fsp3) is 0.500. The first kappa shape index (κ1) is 6.13. The molecule has 0 radical (unpaired) electrons. The van der Waals surface area contributed by atoms with Gasteiger partial charge in [0.2, 0.25) is 6.54 Å². The van der Waals surface area contributed by atoms with E-state index in [-0.39, 0.29) is 5.91 Å². The predicted octanol–water partition coefficient (Wildman–Crippen LogP) is -0.966. The molecule has 0 aliphatic carbocycles. The molecule has 0 saturated carbocycles. The van der Waals surface area contributed by atoms with Gasteiger partial charge in [0, 0.05) is 6.21 Å². The van der Waals surface area contributed by atoms with E-state index in [2.05, 4.69) is 12.2 Å². The summed E-state index contributed by atoms with van der Waals surface area (Å²) in [5.74, 6) is 0.0844.